The highest BCUT2D eigenvalue weighted by Crippen LogP contribution is 2.40. The maximum Gasteiger partial charge on any atom is 0.261 e. The van der Waals surface area contributed by atoms with E-state index < -0.39 is 0 Å². The summed E-state index contributed by atoms with van der Waals surface area (Å²) in [5.41, 5.74) is 0.928. The zero-order valence-electron chi connectivity index (χ0n) is 12.4. The summed E-state index contributed by atoms with van der Waals surface area (Å²) in [6.07, 6.45) is 1.53. The third kappa shape index (κ3) is 1.79. The molecule has 3 rings (SSSR count). The number of carbonyl (C=O) groups is 2. The molecule has 0 radical (unpaired) electrons. The number of methoxy groups -OCH3 is 2. The van der Waals surface area contributed by atoms with Crippen molar-refractivity contribution in [2.24, 2.45) is 0 Å². The SMILES string of the molecule is C=CCN1C(=O)c2ccc(OC)c3c(OC)ccc(c23)C1=O. The minimum Gasteiger partial charge on any atom is -0.496 e. The van der Waals surface area contributed by atoms with Crippen molar-refractivity contribution in [3.05, 3.63) is 48.0 Å². The zero-order chi connectivity index (χ0) is 15.9. The number of rotatable bonds is 4. The van der Waals surface area contributed by atoms with Gasteiger partial charge in [0.1, 0.15) is 11.5 Å². The molecule has 2 amide bonds. The highest BCUT2D eigenvalue weighted by molar-refractivity contribution is 6.27. The fourth-order valence-corrected chi connectivity index (χ4v) is 2.81. The van der Waals surface area contributed by atoms with E-state index in [1.807, 2.05) is 0 Å². The lowest BCUT2D eigenvalue weighted by atomic mass is 9.93. The number of benzene rings is 2. The molecule has 2 aromatic rings. The van der Waals surface area contributed by atoms with Gasteiger partial charge in [-0.25, -0.2) is 0 Å². The number of ether oxygens (including phenoxy) is 2. The van der Waals surface area contributed by atoms with Crippen LogP contribution in [0.25, 0.3) is 10.8 Å². The van der Waals surface area contributed by atoms with Gasteiger partial charge in [0.25, 0.3) is 11.8 Å². The van der Waals surface area contributed by atoms with Gasteiger partial charge in [-0.3, -0.25) is 14.5 Å². The Bertz CT molecular complexity index is 751. The van der Waals surface area contributed by atoms with Crippen LogP contribution in [-0.4, -0.2) is 37.5 Å². The second-order valence-corrected chi connectivity index (χ2v) is 4.89. The summed E-state index contributed by atoms with van der Waals surface area (Å²) in [6, 6.07) is 6.78. The summed E-state index contributed by atoms with van der Waals surface area (Å²) >= 11 is 0. The maximum absolute atomic E-state index is 12.6. The largest absolute Gasteiger partial charge is 0.496 e. The van der Waals surface area contributed by atoms with E-state index in [1.54, 1.807) is 38.5 Å². The highest BCUT2D eigenvalue weighted by Gasteiger charge is 2.33. The van der Waals surface area contributed by atoms with Crippen molar-refractivity contribution < 1.29 is 19.1 Å². The normalized spacial score (nSPS) is 13.5. The van der Waals surface area contributed by atoms with Crippen LogP contribution >= 0.6 is 0 Å². The van der Waals surface area contributed by atoms with E-state index in [2.05, 4.69) is 6.58 Å². The van der Waals surface area contributed by atoms with Crippen molar-refractivity contribution >= 4 is 22.6 Å². The Hall–Kier alpha value is -2.82. The monoisotopic (exact) mass is 297 g/mol. The first-order valence-electron chi connectivity index (χ1n) is 6.78. The molecule has 0 saturated heterocycles. The molecule has 1 aliphatic heterocycles. The van der Waals surface area contributed by atoms with E-state index in [9.17, 15) is 9.59 Å². The Balaban J connectivity index is 2.40. The summed E-state index contributed by atoms with van der Waals surface area (Å²) in [5.74, 6) is 0.460. The van der Waals surface area contributed by atoms with Gasteiger partial charge < -0.3 is 9.47 Å². The Labute approximate surface area is 127 Å². The average molecular weight is 297 g/mol. The summed E-state index contributed by atoms with van der Waals surface area (Å²) in [6.45, 7) is 3.77. The lowest BCUT2D eigenvalue weighted by Gasteiger charge is -2.27. The minimum atomic E-state index is -0.335. The molecule has 0 aliphatic carbocycles. The lowest BCUT2D eigenvalue weighted by molar-refractivity contribution is 0.0629. The number of hydrogen-bond acceptors (Lipinski definition) is 4. The van der Waals surface area contributed by atoms with Gasteiger partial charge in [0, 0.05) is 23.1 Å². The molecule has 112 valence electrons. The molecule has 1 aliphatic rings. The third-order valence-corrected chi connectivity index (χ3v) is 3.79. The van der Waals surface area contributed by atoms with Crippen LogP contribution in [0.4, 0.5) is 0 Å². The van der Waals surface area contributed by atoms with E-state index in [4.69, 9.17) is 9.47 Å². The molecule has 0 spiro atoms. The number of hydrogen-bond donors (Lipinski definition) is 0. The van der Waals surface area contributed by atoms with Gasteiger partial charge in [-0.15, -0.1) is 6.58 Å². The van der Waals surface area contributed by atoms with Crippen LogP contribution in [0, 0.1) is 0 Å². The first kappa shape index (κ1) is 14.1. The Kier molecular flexibility index (Phi) is 3.33. The lowest BCUT2D eigenvalue weighted by Crippen LogP contribution is -2.40. The van der Waals surface area contributed by atoms with E-state index in [-0.39, 0.29) is 18.4 Å². The van der Waals surface area contributed by atoms with E-state index >= 15 is 0 Å². The highest BCUT2D eigenvalue weighted by atomic mass is 16.5. The summed E-state index contributed by atoms with van der Waals surface area (Å²) in [7, 11) is 3.08. The first-order chi connectivity index (χ1) is 10.6. The van der Waals surface area contributed by atoms with Crippen LogP contribution in [0.5, 0.6) is 11.5 Å². The molecular formula is C17H15NO4. The maximum atomic E-state index is 12.6. The van der Waals surface area contributed by atoms with Gasteiger partial charge in [-0.05, 0) is 24.3 Å². The molecule has 0 N–H and O–H groups in total. The predicted octanol–water partition coefficient (Wildman–Crippen LogP) is 2.64. The van der Waals surface area contributed by atoms with Gasteiger partial charge in [-0.2, -0.15) is 0 Å². The number of nitrogens with zero attached hydrogens (tertiary/aromatic N) is 1. The van der Waals surface area contributed by atoms with Crippen LogP contribution in [0.3, 0.4) is 0 Å². The van der Waals surface area contributed by atoms with E-state index in [0.29, 0.717) is 33.4 Å². The van der Waals surface area contributed by atoms with Crippen molar-refractivity contribution in [1.29, 1.82) is 0 Å². The molecule has 1 heterocycles. The fourth-order valence-electron chi connectivity index (χ4n) is 2.81. The van der Waals surface area contributed by atoms with Gasteiger partial charge in [0.15, 0.2) is 0 Å². The van der Waals surface area contributed by atoms with Crippen LogP contribution in [0.1, 0.15) is 20.7 Å². The van der Waals surface area contributed by atoms with Crippen molar-refractivity contribution in [2.75, 3.05) is 20.8 Å². The van der Waals surface area contributed by atoms with Gasteiger partial charge in [0.05, 0.1) is 19.6 Å². The van der Waals surface area contributed by atoms with Crippen molar-refractivity contribution in [3.63, 3.8) is 0 Å². The van der Waals surface area contributed by atoms with Crippen molar-refractivity contribution in [2.45, 2.75) is 0 Å². The quantitative estimate of drug-likeness (QED) is 0.643. The molecular weight excluding hydrogens is 282 g/mol. The van der Waals surface area contributed by atoms with Crippen molar-refractivity contribution in [1.82, 2.24) is 4.90 Å². The Morgan fingerprint density at radius 1 is 0.955 bits per heavy atom. The molecule has 0 unspecified atom stereocenters. The summed E-state index contributed by atoms with van der Waals surface area (Å²) in [4.78, 5) is 26.3. The topological polar surface area (TPSA) is 55.8 Å². The standard InChI is InChI=1S/C17H15NO4/c1-4-9-18-16(19)10-5-7-12(21-2)15-13(22-3)8-6-11(14(10)15)17(18)20/h4-8H,1,9H2,2-3H3. The first-order valence-corrected chi connectivity index (χ1v) is 6.78. The van der Waals surface area contributed by atoms with Crippen LogP contribution in [0.2, 0.25) is 0 Å². The predicted molar refractivity (Wildman–Crippen MR) is 82.6 cm³/mol. The molecule has 0 atom stereocenters. The molecule has 0 saturated carbocycles. The number of imide groups is 1. The minimum absolute atomic E-state index is 0.177. The van der Waals surface area contributed by atoms with Crippen LogP contribution in [0.15, 0.2) is 36.9 Å². The fraction of sp³-hybridized carbons (Fsp3) is 0.176. The number of amides is 2. The van der Waals surface area contributed by atoms with Crippen LogP contribution in [-0.2, 0) is 0 Å². The second kappa shape index (κ2) is 5.18. The van der Waals surface area contributed by atoms with Gasteiger partial charge in [-0.1, -0.05) is 6.08 Å². The zero-order valence-corrected chi connectivity index (χ0v) is 12.4. The Morgan fingerprint density at radius 3 is 1.86 bits per heavy atom. The van der Waals surface area contributed by atoms with Gasteiger partial charge in [0.2, 0.25) is 0 Å². The van der Waals surface area contributed by atoms with Crippen molar-refractivity contribution in [3.8, 4) is 11.5 Å². The second-order valence-electron chi connectivity index (χ2n) is 4.89. The average Bonchev–Trinajstić information content (AvgIpc) is 2.55. The Morgan fingerprint density at radius 2 is 1.45 bits per heavy atom. The van der Waals surface area contributed by atoms with Crippen LogP contribution < -0.4 is 9.47 Å². The third-order valence-electron chi connectivity index (χ3n) is 3.79. The molecule has 5 heteroatoms. The molecule has 5 nitrogen and oxygen atoms in total. The molecule has 0 fully saturated rings. The summed E-state index contributed by atoms with van der Waals surface area (Å²) < 4.78 is 10.7. The molecule has 22 heavy (non-hydrogen) atoms. The smallest absolute Gasteiger partial charge is 0.261 e. The summed E-state index contributed by atoms with van der Waals surface area (Å²) in [5, 5.41) is 1.22. The molecule has 0 bridgehead atoms. The molecule has 0 aromatic heterocycles. The molecule has 2 aromatic carbocycles. The van der Waals surface area contributed by atoms with E-state index in [0.717, 1.165) is 0 Å². The van der Waals surface area contributed by atoms with Gasteiger partial charge >= 0.3 is 0 Å². The number of carbonyl (C=O) groups excluding carboxylic acids is 2. The van der Waals surface area contributed by atoms with E-state index in [1.165, 1.54) is 11.0 Å².